The molecule has 0 spiro atoms. The fourth-order valence-corrected chi connectivity index (χ4v) is 2.19. The van der Waals surface area contributed by atoms with Crippen LogP contribution in [0.25, 0.3) is 16.0 Å². The van der Waals surface area contributed by atoms with E-state index in [0.29, 0.717) is 11.8 Å². The number of rotatable bonds is 3. The van der Waals surface area contributed by atoms with Crippen molar-refractivity contribution in [2.75, 3.05) is 42.3 Å². The summed E-state index contributed by atoms with van der Waals surface area (Å²) in [5.41, 5.74) is 3.96. The molecular weight excluding hydrogens is 365 g/mol. The molecule has 5 heteroatoms. The molecule has 23 heavy (non-hydrogen) atoms. The Morgan fingerprint density at radius 3 is 1.17 bits per heavy atom. The van der Waals surface area contributed by atoms with Crippen molar-refractivity contribution in [3.8, 4) is 0 Å². The Labute approximate surface area is 157 Å². The van der Waals surface area contributed by atoms with Crippen LogP contribution in [0.15, 0.2) is 21.5 Å². The molecule has 0 saturated carbocycles. The first-order chi connectivity index (χ1) is 10.8. The average molecular weight is 400 g/mol. The molecule has 0 N–H and O–H groups in total. The van der Waals surface area contributed by atoms with Crippen molar-refractivity contribution in [3.63, 3.8) is 0 Å². The second-order valence-electron chi connectivity index (χ2n) is 5.54. The van der Waals surface area contributed by atoms with Crippen LogP contribution in [0, 0.1) is 0 Å². The Hall–Kier alpha value is -0.360. The second kappa shape index (κ2) is 19.7. The maximum atomic E-state index is 4.46. The van der Waals surface area contributed by atoms with E-state index < -0.39 is 0 Å². The van der Waals surface area contributed by atoms with E-state index in [1.54, 1.807) is 42.3 Å². The summed E-state index contributed by atoms with van der Waals surface area (Å²) in [6, 6.07) is 6.52. The second-order valence-corrected chi connectivity index (χ2v) is 6.03. The maximum absolute atomic E-state index is 4.46. The maximum Gasteiger partial charge on any atom is -0.162 e. The topological polar surface area (TPSA) is 54.7 Å². The van der Waals surface area contributed by atoms with Crippen LogP contribution in [0.5, 0.6) is 0 Å². The first kappa shape index (κ1) is 27.5. The number of benzene rings is 1. The van der Waals surface area contributed by atoms with E-state index in [4.69, 9.17) is 0 Å². The molecule has 0 atom stereocenters. The molecule has 1 aromatic carbocycles. The van der Waals surface area contributed by atoms with Crippen molar-refractivity contribution in [2.45, 2.75) is 39.5 Å². The van der Waals surface area contributed by atoms with Gasteiger partial charge in [0, 0.05) is 0 Å². The smallest absolute Gasteiger partial charge is 0.162 e. The standard InChI is InChI=1S/C12H17N.3C2H6N.Nb/c1-8(2)10-6-5-7-11(9(3)4)12(10)13;3*1-3-2;/h5-9H,1-4H3;3*1-2H3;/q;3*-1;. The number of nitrogens with zero attached hydrogens (tertiary/aromatic N) is 4. The summed E-state index contributed by atoms with van der Waals surface area (Å²) in [6.45, 7) is 8.89. The molecule has 0 radical (unpaired) electrons. The molecule has 0 saturated heterocycles. The number of hydrogen-bond donors (Lipinski definition) is 0. The minimum atomic E-state index is 0.557. The monoisotopic (exact) mass is 400 g/mol. The van der Waals surface area contributed by atoms with Crippen LogP contribution in [0.4, 0.5) is 5.69 Å². The van der Waals surface area contributed by atoms with E-state index in [1.165, 1.54) is 37.7 Å². The van der Waals surface area contributed by atoms with Gasteiger partial charge in [-0.15, -0.1) is 0 Å². The van der Waals surface area contributed by atoms with Crippen LogP contribution < -0.4 is 0 Å². The van der Waals surface area contributed by atoms with Crippen LogP contribution >= 0.6 is 0 Å². The largest absolute Gasteiger partial charge is 0.668 e. The van der Waals surface area contributed by atoms with Gasteiger partial charge in [-0.05, 0) is 0 Å². The molecular formula is C18H35N4Nb-3. The molecule has 0 aliphatic rings. The van der Waals surface area contributed by atoms with Gasteiger partial charge >= 0.3 is 98.8 Å². The Morgan fingerprint density at radius 1 is 0.739 bits per heavy atom. The normalized spacial score (nSPS) is 9.00. The van der Waals surface area contributed by atoms with E-state index in [2.05, 4.69) is 65.2 Å². The summed E-state index contributed by atoms with van der Waals surface area (Å²) in [5, 5.41) is 10.5. The quantitative estimate of drug-likeness (QED) is 0.546. The van der Waals surface area contributed by atoms with E-state index in [-0.39, 0.29) is 0 Å². The Kier molecular flexibility index (Phi) is 23.5. The van der Waals surface area contributed by atoms with Gasteiger partial charge in [0.2, 0.25) is 0 Å². The molecule has 0 unspecified atom stereocenters. The first-order valence-electron chi connectivity index (χ1n) is 7.74. The molecule has 1 rings (SSSR count). The summed E-state index contributed by atoms with van der Waals surface area (Å²) < 4.78 is 4.46. The van der Waals surface area contributed by atoms with Crippen LogP contribution in [0.3, 0.4) is 0 Å². The zero-order valence-corrected chi connectivity index (χ0v) is 18.8. The van der Waals surface area contributed by atoms with Gasteiger partial charge in [-0.25, -0.2) is 0 Å². The summed E-state index contributed by atoms with van der Waals surface area (Å²) in [7, 11) is 10.5. The van der Waals surface area contributed by atoms with Crippen LogP contribution in [0.2, 0.25) is 0 Å². The van der Waals surface area contributed by atoms with Gasteiger partial charge in [0.1, 0.15) is 0 Å². The average Bonchev–Trinajstić information content (AvgIpc) is 2.48. The van der Waals surface area contributed by atoms with Gasteiger partial charge in [0.05, 0.1) is 0 Å². The van der Waals surface area contributed by atoms with Gasteiger partial charge < -0.3 is 16.0 Å². The van der Waals surface area contributed by atoms with Crippen molar-refractivity contribution in [1.29, 1.82) is 0 Å². The fourth-order valence-electron chi connectivity index (χ4n) is 1.63. The Balaban J connectivity index is -0.000000371. The van der Waals surface area contributed by atoms with Crippen LogP contribution in [0.1, 0.15) is 50.7 Å². The predicted molar refractivity (Wildman–Crippen MR) is 102 cm³/mol. The van der Waals surface area contributed by atoms with Crippen molar-refractivity contribution in [2.24, 2.45) is 3.34 Å². The van der Waals surface area contributed by atoms with Crippen LogP contribution in [-0.4, -0.2) is 42.3 Å². The molecule has 0 aromatic heterocycles. The van der Waals surface area contributed by atoms with Crippen molar-refractivity contribution < 1.29 is 20.9 Å². The summed E-state index contributed by atoms with van der Waals surface area (Å²) in [4.78, 5) is 0. The SMILES string of the molecule is CC(C)c1cccc(C(C)C)c1[N]=[Nb].C[N-]C.C[N-]C.C[N-]C. The third-order valence-corrected chi connectivity index (χ3v) is 2.93. The molecule has 0 aliphatic heterocycles. The third kappa shape index (κ3) is 14.9. The first-order valence-corrected chi connectivity index (χ1v) is 8.72. The van der Waals surface area contributed by atoms with E-state index in [0.717, 1.165) is 0 Å². The molecule has 0 amide bonds. The van der Waals surface area contributed by atoms with Gasteiger partial charge in [-0.1, -0.05) is 0 Å². The molecule has 135 valence electrons. The molecule has 0 heterocycles. The minimum absolute atomic E-state index is 0.557. The van der Waals surface area contributed by atoms with Crippen LogP contribution in [-0.2, 0) is 20.9 Å². The van der Waals surface area contributed by atoms with Crippen molar-refractivity contribution >= 4 is 5.69 Å². The molecule has 1 aromatic rings. The van der Waals surface area contributed by atoms with E-state index in [1.807, 2.05) is 0 Å². The number of hydrogen-bond acceptors (Lipinski definition) is 1. The molecule has 0 fully saturated rings. The summed E-state index contributed by atoms with van der Waals surface area (Å²) in [5.74, 6) is 1.11. The van der Waals surface area contributed by atoms with Gasteiger partial charge in [0.25, 0.3) is 0 Å². The predicted octanol–water partition coefficient (Wildman–Crippen LogP) is 6.15. The van der Waals surface area contributed by atoms with Crippen molar-refractivity contribution in [1.82, 2.24) is 0 Å². The van der Waals surface area contributed by atoms with Crippen molar-refractivity contribution in [3.05, 3.63) is 45.3 Å². The van der Waals surface area contributed by atoms with E-state index >= 15 is 0 Å². The zero-order chi connectivity index (χ0) is 18.8. The summed E-state index contributed by atoms with van der Waals surface area (Å²) >= 11 is 1.53. The molecule has 4 nitrogen and oxygen atoms in total. The Morgan fingerprint density at radius 2 is 1.00 bits per heavy atom. The van der Waals surface area contributed by atoms with Gasteiger partial charge in [-0.2, -0.15) is 42.3 Å². The summed E-state index contributed by atoms with van der Waals surface area (Å²) in [6.07, 6.45) is 0. The van der Waals surface area contributed by atoms with Gasteiger partial charge in [0.15, 0.2) is 0 Å². The zero-order valence-electron chi connectivity index (χ0n) is 16.6. The molecule has 0 aliphatic carbocycles. The Bertz CT molecular complexity index is 348. The van der Waals surface area contributed by atoms with E-state index in [9.17, 15) is 0 Å². The minimum Gasteiger partial charge on any atom is -0.668 e. The third-order valence-electron chi connectivity index (χ3n) is 2.44. The fraction of sp³-hybridized carbons (Fsp3) is 0.667. The molecule has 0 bridgehead atoms. The van der Waals surface area contributed by atoms with Gasteiger partial charge in [-0.3, -0.25) is 0 Å².